The van der Waals surface area contributed by atoms with E-state index < -0.39 is 47.2 Å². The number of rotatable bonds is 6. The van der Waals surface area contributed by atoms with Gasteiger partial charge in [-0.3, -0.25) is 14.5 Å². The van der Waals surface area contributed by atoms with Crippen LogP contribution in [0.1, 0.15) is 57.6 Å². The molecule has 2 N–H and O–H groups in total. The summed E-state index contributed by atoms with van der Waals surface area (Å²) in [6.07, 6.45) is -7.63. The van der Waals surface area contributed by atoms with E-state index in [2.05, 4.69) is 25.8 Å². The monoisotopic (exact) mass is 699 g/mol. The van der Waals surface area contributed by atoms with Crippen LogP contribution >= 0.6 is 0 Å². The highest BCUT2D eigenvalue weighted by atomic mass is 19.4. The molecule has 17 heteroatoms. The normalized spacial score (nSPS) is 22.4. The maximum Gasteiger partial charge on any atom is 0.451 e. The van der Waals surface area contributed by atoms with Crippen LogP contribution in [0.2, 0.25) is 0 Å². The van der Waals surface area contributed by atoms with Crippen LogP contribution < -0.4 is 20.1 Å². The molecule has 2 amide bonds. The summed E-state index contributed by atoms with van der Waals surface area (Å²) in [6.45, 7) is 1.46. The molecule has 1 fully saturated rings. The molecular weight excluding hydrogens is 672 g/mol. The van der Waals surface area contributed by atoms with Gasteiger partial charge in [-0.05, 0) is 55.3 Å². The molecule has 4 aliphatic rings. The molecule has 3 aliphatic heterocycles. The first kappa shape index (κ1) is 32.0. The Hall–Kier alpha value is -5.19. The number of hydrogen-bond donors (Lipinski definition) is 2. The van der Waals surface area contributed by atoms with E-state index in [4.69, 9.17) is 9.47 Å². The summed E-state index contributed by atoms with van der Waals surface area (Å²) in [6, 6.07) is 9.78. The SMILES string of the molecule is CC12c3cc(Oc4ccnc5c4CCC(=O)N5)ccc3OC1C2NC(=O)c1ccc(CN2CCn3c(nnc3C(F)(F)F)C2)c(C(F)(F)F)c1. The maximum absolute atomic E-state index is 14.3. The van der Waals surface area contributed by atoms with Crippen molar-refractivity contribution < 1.29 is 45.4 Å². The van der Waals surface area contributed by atoms with E-state index in [-0.39, 0.29) is 49.0 Å². The Morgan fingerprint density at radius 3 is 2.66 bits per heavy atom. The van der Waals surface area contributed by atoms with Gasteiger partial charge in [0, 0.05) is 48.9 Å². The third-order valence-electron chi connectivity index (χ3n) is 9.76. The minimum Gasteiger partial charge on any atom is -0.487 e. The van der Waals surface area contributed by atoms with E-state index >= 15 is 0 Å². The Balaban J connectivity index is 0.969. The fourth-order valence-electron chi connectivity index (χ4n) is 7.06. The van der Waals surface area contributed by atoms with Crippen molar-refractivity contribution in [3.8, 4) is 17.2 Å². The van der Waals surface area contributed by atoms with Crippen LogP contribution in [-0.2, 0) is 48.6 Å². The molecular formula is C33H27F6N7O4. The van der Waals surface area contributed by atoms with E-state index in [1.165, 1.54) is 18.3 Å². The van der Waals surface area contributed by atoms with Crippen LogP contribution in [0.25, 0.3) is 0 Å². The summed E-state index contributed by atoms with van der Waals surface area (Å²) in [5.74, 6) is 0.116. The number of halogens is 6. The first-order valence-electron chi connectivity index (χ1n) is 15.7. The van der Waals surface area contributed by atoms with Gasteiger partial charge in [-0.2, -0.15) is 26.3 Å². The Bertz CT molecular complexity index is 2060. The van der Waals surface area contributed by atoms with Gasteiger partial charge in [0.1, 0.15) is 35.0 Å². The van der Waals surface area contributed by atoms with Crippen molar-refractivity contribution in [3.63, 3.8) is 0 Å². The predicted octanol–water partition coefficient (Wildman–Crippen LogP) is 5.23. The minimum atomic E-state index is -4.80. The molecule has 2 aromatic carbocycles. The van der Waals surface area contributed by atoms with E-state index in [0.717, 1.165) is 21.8 Å². The van der Waals surface area contributed by atoms with Crippen molar-refractivity contribution in [2.24, 2.45) is 0 Å². The van der Waals surface area contributed by atoms with Gasteiger partial charge in [0.05, 0.1) is 23.6 Å². The number of hydrogen-bond acceptors (Lipinski definition) is 8. The van der Waals surface area contributed by atoms with Crippen molar-refractivity contribution in [2.45, 2.75) is 69.3 Å². The highest BCUT2D eigenvalue weighted by molar-refractivity contribution is 5.95. The number of nitrogens with zero attached hydrogens (tertiary/aromatic N) is 5. The first-order valence-corrected chi connectivity index (χ1v) is 15.7. The molecule has 0 bridgehead atoms. The van der Waals surface area contributed by atoms with Crippen molar-refractivity contribution in [2.75, 3.05) is 11.9 Å². The molecule has 260 valence electrons. The molecule has 1 aliphatic carbocycles. The van der Waals surface area contributed by atoms with Gasteiger partial charge in [0.15, 0.2) is 0 Å². The summed E-state index contributed by atoms with van der Waals surface area (Å²) in [5.41, 5.74) is -0.465. The quantitative estimate of drug-likeness (QED) is 0.263. The highest BCUT2D eigenvalue weighted by Gasteiger charge is 2.70. The van der Waals surface area contributed by atoms with Gasteiger partial charge in [-0.15, -0.1) is 10.2 Å². The molecule has 50 heavy (non-hydrogen) atoms. The number of fused-ring (bicyclic) bond motifs is 5. The lowest BCUT2D eigenvalue weighted by Crippen LogP contribution is -2.35. The number of carbonyl (C=O) groups is 2. The summed E-state index contributed by atoms with van der Waals surface area (Å²) >= 11 is 0. The number of amides is 2. The van der Waals surface area contributed by atoms with Crippen LogP contribution in [0, 0.1) is 0 Å². The summed E-state index contributed by atoms with van der Waals surface area (Å²) in [5, 5.41) is 12.4. The molecule has 3 atom stereocenters. The van der Waals surface area contributed by atoms with Crippen LogP contribution in [0.4, 0.5) is 32.2 Å². The molecule has 3 unspecified atom stereocenters. The van der Waals surface area contributed by atoms with Crippen LogP contribution in [0.3, 0.4) is 0 Å². The largest absolute Gasteiger partial charge is 0.487 e. The number of carbonyl (C=O) groups excluding carboxylic acids is 2. The maximum atomic E-state index is 14.3. The van der Waals surface area contributed by atoms with E-state index in [9.17, 15) is 35.9 Å². The van der Waals surface area contributed by atoms with Crippen molar-refractivity contribution in [3.05, 3.63) is 88.1 Å². The Morgan fingerprint density at radius 1 is 1.06 bits per heavy atom. The van der Waals surface area contributed by atoms with Crippen LogP contribution in [0.15, 0.2) is 48.7 Å². The lowest BCUT2D eigenvalue weighted by Gasteiger charge is -2.29. The van der Waals surface area contributed by atoms with Crippen LogP contribution in [-0.4, -0.2) is 55.2 Å². The lowest BCUT2D eigenvalue weighted by molar-refractivity contribution is -0.148. The van der Waals surface area contributed by atoms with Crippen LogP contribution in [0.5, 0.6) is 17.2 Å². The lowest BCUT2D eigenvalue weighted by atomic mass is 9.96. The predicted molar refractivity (Wildman–Crippen MR) is 161 cm³/mol. The molecule has 11 nitrogen and oxygen atoms in total. The van der Waals surface area contributed by atoms with Gasteiger partial charge in [-0.25, -0.2) is 4.98 Å². The molecule has 1 saturated carbocycles. The number of ether oxygens (including phenoxy) is 2. The molecule has 2 aromatic heterocycles. The van der Waals surface area contributed by atoms with Crippen molar-refractivity contribution in [1.29, 1.82) is 0 Å². The fraction of sp³-hybridized carbons (Fsp3) is 0.364. The first-order chi connectivity index (χ1) is 23.7. The standard InChI is InChI=1S/C33H27F6N7O4/c1-31-21-13-18(49-22-8-9-40-28-19(22)5-7-25(47)41-28)4-6-23(21)50-27(31)26(31)42-29(48)16-2-3-17(20(12-16)32(34,35)36)14-45-10-11-46-24(15-45)43-44-30(46)33(37,38)39/h2-4,6,8-9,12-13,26-27H,5,7,10-11,14-15H2,1H3,(H,42,48)(H,40,41,47). The van der Waals surface area contributed by atoms with Crippen molar-refractivity contribution >= 4 is 17.6 Å². The Morgan fingerprint density at radius 2 is 1.88 bits per heavy atom. The summed E-state index contributed by atoms with van der Waals surface area (Å²) in [7, 11) is 0. The Kier molecular flexibility index (Phi) is 7.15. The second-order valence-electron chi connectivity index (χ2n) is 12.9. The number of anilines is 1. The van der Waals surface area contributed by atoms with Gasteiger partial charge < -0.3 is 24.7 Å². The number of aromatic nitrogens is 4. The Labute approximate surface area is 279 Å². The summed E-state index contributed by atoms with van der Waals surface area (Å²) < 4.78 is 95.6. The highest BCUT2D eigenvalue weighted by Crippen LogP contribution is 2.59. The average molecular weight is 700 g/mol. The second-order valence-corrected chi connectivity index (χ2v) is 12.9. The number of alkyl halides is 6. The second kappa shape index (κ2) is 11.2. The van der Waals surface area contributed by atoms with Gasteiger partial charge in [-0.1, -0.05) is 6.07 Å². The zero-order chi connectivity index (χ0) is 35.2. The zero-order valence-corrected chi connectivity index (χ0v) is 26.2. The third kappa shape index (κ3) is 5.39. The van der Waals surface area contributed by atoms with Gasteiger partial charge in [0.25, 0.3) is 5.91 Å². The molecule has 0 radical (unpaired) electrons. The average Bonchev–Trinajstić information content (AvgIpc) is 3.32. The van der Waals surface area contributed by atoms with E-state index in [0.29, 0.717) is 35.9 Å². The van der Waals surface area contributed by atoms with Gasteiger partial charge >= 0.3 is 12.4 Å². The number of benzene rings is 2. The van der Waals surface area contributed by atoms with E-state index in [1.807, 2.05) is 6.92 Å². The zero-order valence-electron chi connectivity index (χ0n) is 26.2. The molecule has 4 aromatic rings. The topological polar surface area (TPSA) is 124 Å². The number of nitrogens with one attached hydrogen (secondary N) is 2. The minimum absolute atomic E-state index is 0.00496. The van der Waals surface area contributed by atoms with Gasteiger partial charge in [0.2, 0.25) is 11.7 Å². The molecule has 0 spiro atoms. The number of pyridine rings is 1. The molecule has 0 saturated heterocycles. The fourth-order valence-corrected chi connectivity index (χ4v) is 7.06. The summed E-state index contributed by atoms with van der Waals surface area (Å²) in [4.78, 5) is 30.9. The molecule has 8 rings (SSSR count). The third-order valence-corrected chi connectivity index (χ3v) is 9.76. The van der Waals surface area contributed by atoms with E-state index in [1.54, 1.807) is 29.2 Å². The molecule has 5 heterocycles. The van der Waals surface area contributed by atoms with Crippen molar-refractivity contribution in [1.82, 2.24) is 30.0 Å². The smallest absolute Gasteiger partial charge is 0.451 e.